The first-order chi connectivity index (χ1) is 9.40. The molecule has 22 heavy (non-hydrogen) atoms. The Kier molecular flexibility index (Phi) is 12.5. The number of esters is 2. The van der Waals surface area contributed by atoms with Crippen molar-refractivity contribution < 1.29 is 39.5 Å². The molecule has 1 rings (SSSR count). The van der Waals surface area contributed by atoms with Crippen LogP contribution in [-0.4, -0.2) is 95.9 Å². The molecule has 0 amide bonds. The molecule has 0 heterocycles. The molecule has 1 aromatic rings. The number of aliphatic hydroxyl groups excluding tert-OH is 2. The van der Waals surface area contributed by atoms with E-state index in [2.05, 4.69) is 9.47 Å². The molecule has 0 aliphatic carbocycles. The van der Waals surface area contributed by atoms with Gasteiger partial charge >= 0.3 is 49.7 Å². The summed E-state index contributed by atoms with van der Waals surface area (Å²) < 4.78 is 9.10. The third kappa shape index (κ3) is 8.59. The first-order valence-electron chi connectivity index (χ1n) is 5.56. The molecule has 0 bridgehead atoms. The molecule has 0 aromatic heterocycles. The zero-order chi connectivity index (χ0) is 15.1. The molecule has 10 heteroatoms. The fraction of sp³-hybridized carbons (Fsp3) is 0.333. The minimum absolute atomic E-state index is 0. The molecule has 0 aliphatic heterocycles. The van der Waals surface area contributed by atoms with Crippen LogP contribution >= 0.6 is 0 Å². The summed E-state index contributed by atoms with van der Waals surface area (Å²) in [6.45, 7) is -1.12. The van der Waals surface area contributed by atoms with E-state index in [4.69, 9.17) is 20.4 Å². The van der Waals surface area contributed by atoms with Gasteiger partial charge < -0.3 is 29.9 Å². The van der Waals surface area contributed by atoms with Crippen molar-refractivity contribution in [1.82, 2.24) is 0 Å². The topological polar surface area (TPSA) is 134 Å². The van der Waals surface area contributed by atoms with Gasteiger partial charge in [-0.25, -0.2) is 9.59 Å². The van der Waals surface area contributed by atoms with Crippen LogP contribution in [0.1, 0.15) is 20.7 Å². The van der Waals surface area contributed by atoms with Crippen LogP contribution in [0.15, 0.2) is 24.3 Å². The molecule has 0 unspecified atom stereocenters. The fourth-order valence-corrected chi connectivity index (χ4v) is 1.21. The second kappa shape index (κ2) is 11.7. The number of aliphatic hydroxyl groups is 4. The van der Waals surface area contributed by atoms with Crippen molar-refractivity contribution in [3.05, 3.63) is 35.4 Å². The molecule has 0 spiro atoms. The summed E-state index contributed by atoms with van der Waals surface area (Å²) in [5.41, 5.74) is 0.230. The van der Waals surface area contributed by atoms with Gasteiger partial charge in [-0.2, -0.15) is 0 Å². The Morgan fingerprint density at radius 1 is 0.773 bits per heavy atom. The van der Waals surface area contributed by atoms with Crippen LogP contribution in [0, 0.1) is 0 Å². The van der Waals surface area contributed by atoms with E-state index in [0.29, 0.717) is 0 Å². The second-order valence-corrected chi connectivity index (χ2v) is 3.74. The van der Waals surface area contributed by atoms with Gasteiger partial charge in [-0.05, 0) is 24.3 Å². The summed E-state index contributed by atoms with van der Waals surface area (Å²) in [4.78, 5) is 22.8. The van der Waals surface area contributed by atoms with E-state index in [1.807, 2.05) is 0 Å². The van der Waals surface area contributed by atoms with E-state index in [1.165, 1.54) is 24.3 Å². The van der Waals surface area contributed by atoms with E-state index in [-0.39, 0.29) is 48.8 Å². The van der Waals surface area contributed by atoms with Crippen molar-refractivity contribution >= 4 is 49.7 Å². The quantitative estimate of drug-likeness (QED) is 0.254. The van der Waals surface area contributed by atoms with Crippen LogP contribution < -0.4 is 0 Å². The number of carbonyl (C=O) groups is 2. The summed E-state index contributed by atoms with van der Waals surface area (Å²) in [6.07, 6.45) is -3.50. The zero-order valence-corrected chi connectivity index (χ0v) is 10.3. The SMILES string of the molecule is O=C(OCC(O)O)c1ccc(C(=O)OCC(O)O)cc1.[LiH].[LiH]. The average molecular weight is 302 g/mol. The maximum atomic E-state index is 11.4. The number of carbonyl (C=O) groups excluding carboxylic acids is 2. The van der Waals surface area contributed by atoms with Gasteiger partial charge in [0.15, 0.2) is 12.6 Å². The van der Waals surface area contributed by atoms with Crippen LogP contribution in [0.3, 0.4) is 0 Å². The van der Waals surface area contributed by atoms with E-state index >= 15 is 0 Å². The van der Waals surface area contributed by atoms with Gasteiger partial charge in [-0.3, -0.25) is 0 Å². The number of rotatable bonds is 6. The van der Waals surface area contributed by atoms with Crippen LogP contribution in [0.5, 0.6) is 0 Å². The number of benzene rings is 1. The second-order valence-electron chi connectivity index (χ2n) is 3.74. The Bertz CT molecular complexity index is 418. The van der Waals surface area contributed by atoms with Gasteiger partial charge in [0.2, 0.25) is 0 Å². The molecule has 114 valence electrons. The monoisotopic (exact) mass is 302 g/mol. The predicted octanol–water partition coefficient (Wildman–Crippen LogP) is -2.68. The first kappa shape index (κ1) is 23.5. The molecule has 8 nitrogen and oxygen atoms in total. The molecule has 0 saturated heterocycles. The summed E-state index contributed by atoms with van der Waals surface area (Å²) in [7, 11) is 0. The van der Waals surface area contributed by atoms with Gasteiger partial charge in [0.25, 0.3) is 0 Å². The molecular formula is C12H16Li2O8. The summed E-state index contributed by atoms with van der Waals surface area (Å²) in [6, 6.07) is 5.16. The molecule has 0 fully saturated rings. The van der Waals surface area contributed by atoms with E-state index in [0.717, 1.165) is 0 Å². The summed E-state index contributed by atoms with van der Waals surface area (Å²) in [5, 5.41) is 34.2. The van der Waals surface area contributed by atoms with Crippen molar-refractivity contribution in [3.63, 3.8) is 0 Å². The van der Waals surface area contributed by atoms with Gasteiger partial charge in [-0.1, -0.05) is 0 Å². The molecule has 0 aliphatic rings. The number of hydrogen-bond donors (Lipinski definition) is 4. The van der Waals surface area contributed by atoms with Crippen LogP contribution in [0.2, 0.25) is 0 Å². The van der Waals surface area contributed by atoms with E-state index in [9.17, 15) is 9.59 Å². The summed E-state index contributed by atoms with van der Waals surface area (Å²) in [5.74, 6) is -1.55. The maximum absolute atomic E-state index is 11.4. The van der Waals surface area contributed by atoms with Crippen molar-refractivity contribution in [2.45, 2.75) is 12.6 Å². The first-order valence-corrected chi connectivity index (χ1v) is 5.56. The normalized spacial score (nSPS) is 9.73. The Balaban J connectivity index is 0. The zero-order valence-electron chi connectivity index (χ0n) is 10.3. The van der Waals surface area contributed by atoms with Gasteiger partial charge in [0.1, 0.15) is 13.2 Å². The molecule has 0 radical (unpaired) electrons. The van der Waals surface area contributed by atoms with Gasteiger partial charge in [-0.15, -0.1) is 0 Å². The van der Waals surface area contributed by atoms with Crippen molar-refractivity contribution in [1.29, 1.82) is 0 Å². The van der Waals surface area contributed by atoms with Crippen molar-refractivity contribution in [2.75, 3.05) is 13.2 Å². The minimum atomic E-state index is -1.75. The Morgan fingerprint density at radius 3 is 1.27 bits per heavy atom. The van der Waals surface area contributed by atoms with E-state index < -0.39 is 37.7 Å². The Morgan fingerprint density at radius 2 is 1.05 bits per heavy atom. The van der Waals surface area contributed by atoms with Crippen molar-refractivity contribution in [2.24, 2.45) is 0 Å². The van der Waals surface area contributed by atoms with Gasteiger partial charge in [0.05, 0.1) is 11.1 Å². The summed E-state index contributed by atoms with van der Waals surface area (Å²) >= 11 is 0. The predicted molar refractivity (Wildman–Crippen MR) is 77.8 cm³/mol. The van der Waals surface area contributed by atoms with Crippen LogP contribution in [-0.2, 0) is 9.47 Å². The standard InChI is InChI=1S/C12H14O8.2Li.2H/c13-9(14)5-19-11(17)7-1-2-8(4-3-7)12(18)20-6-10(15)16;;;;/h1-4,9-10,13-16H,5-6H2;;;;. The molecule has 0 saturated carbocycles. The third-order valence-corrected chi connectivity index (χ3v) is 2.08. The average Bonchev–Trinajstić information content (AvgIpc) is 2.42. The van der Waals surface area contributed by atoms with Crippen molar-refractivity contribution in [3.8, 4) is 0 Å². The Hall–Kier alpha value is -0.805. The Labute approximate surface area is 150 Å². The number of hydrogen-bond acceptors (Lipinski definition) is 8. The molecular weight excluding hydrogens is 286 g/mol. The molecule has 4 N–H and O–H groups in total. The van der Waals surface area contributed by atoms with Gasteiger partial charge in [0, 0.05) is 0 Å². The molecule has 0 atom stereocenters. The third-order valence-electron chi connectivity index (χ3n) is 2.08. The van der Waals surface area contributed by atoms with Crippen LogP contribution in [0.4, 0.5) is 0 Å². The van der Waals surface area contributed by atoms with E-state index in [1.54, 1.807) is 0 Å². The number of ether oxygens (including phenoxy) is 2. The molecule has 1 aromatic carbocycles. The van der Waals surface area contributed by atoms with Crippen LogP contribution in [0.25, 0.3) is 0 Å². The fourth-order valence-electron chi connectivity index (χ4n) is 1.21.